The van der Waals surface area contributed by atoms with E-state index < -0.39 is 5.95 Å². The Hall–Kier alpha value is -3.52. The summed E-state index contributed by atoms with van der Waals surface area (Å²) < 4.78 is 20.1. The van der Waals surface area contributed by atoms with E-state index in [1.165, 1.54) is 0 Å². The molecule has 1 unspecified atom stereocenters. The fourth-order valence-corrected chi connectivity index (χ4v) is 4.29. The van der Waals surface area contributed by atoms with Gasteiger partial charge in [-0.3, -0.25) is 4.79 Å². The second-order valence-corrected chi connectivity index (χ2v) is 8.19. The van der Waals surface area contributed by atoms with Crippen LogP contribution in [-0.4, -0.2) is 48.2 Å². The van der Waals surface area contributed by atoms with Gasteiger partial charge in [0.1, 0.15) is 11.4 Å². The third kappa shape index (κ3) is 3.78. The molecule has 164 valence electrons. The van der Waals surface area contributed by atoms with Crippen molar-refractivity contribution in [3.8, 4) is 22.5 Å². The van der Waals surface area contributed by atoms with E-state index in [0.717, 1.165) is 24.3 Å². The van der Waals surface area contributed by atoms with Crippen LogP contribution in [0.1, 0.15) is 22.8 Å². The summed E-state index contributed by atoms with van der Waals surface area (Å²) in [6, 6.07) is 13.1. The first kappa shape index (κ1) is 20.4. The minimum absolute atomic E-state index is 0.0180. The van der Waals surface area contributed by atoms with Crippen LogP contribution in [0.2, 0.25) is 0 Å². The fraction of sp³-hybridized carbons (Fsp3) is 0.292. The molecule has 1 amide bonds. The SMILES string of the molecule is CC1Cc2cc(-c3nc(-c4ccc(N5CCOCC5)cc4)c(F)nc3N)ccc2C(=O)N1. The molecule has 1 atom stereocenters. The molecule has 0 aliphatic carbocycles. The molecule has 2 aliphatic heterocycles. The molecule has 3 heterocycles. The number of nitrogens with two attached hydrogens (primary N) is 1. The number of morpholine rings is 1. The lowest BCUT2D eigenvalue weighted by Gasteiger charge is -2.28. The van der Waals surface area contributed by atoms with Gasteiger partial charge in [-0.25, -0.2) is 4.98 Å². The van der Waals surface area contributed by atoms with Gasteiger partial charge in [-0.2, -0.15) is 9.37 Å². The zero-order valence-corrected chi connectivity index (χ0v) is 17.8. The Morgan fingerprint density at radius 2 is 1.78 bits per heavy atom. The quantitative estimate of drug-likeness (QED) is 0.660. The molecule has 7 nitrogen and oxygen atoms in total. The third-order valence-corrected chi connectivity index (χ3v) is 5.92. The van der Waals surface area contributed by atoms with Crippen LogP contribution in [-0.2, 0) is 11.2 Å². The molecular weight excluding hydrogens is 409 g/mol. The zero-order chi connectivity index (χ0) is 22.2. The number of benzene rings is 2. The summed E-state index contributed by atoms with van der Waals surface area (Å²) in [6.45, 7) is 5.01. The number of rotatable bonds is 3. The number of hydrogen-bond acceptors (Lipinski definition) is 6. The molecule has 1 saturated heterocycles. The second-order valence-electron chi connectivity index (χ2n) is 8.19. The van der Waals surface area contributed by atoms with E-state index in [4.69, 9.17) is 10.5 Å². The molecule has 1 fully saturated rings. The van der Waals surface area contributed by atoms with Crippen LogP contribution < -0.4 is 16.0 Å². The number of carbonyl (C=O) groups is 1. The lowest BCUT2D eigenvalue weighted by molar-refractivity contribution is 0.0929. The van der Waals surface area contributed by atoms with Gasteiger partial charge >= 0.3 is 0 Å². The number of carbonyl (C=O) groups excluding carboxylic acids is 1. The van der Waals surface area contributed by atoms with Gasteiger partial charge in [-0.1, -0.05) is 18.2 Å². The lowest BCUT2D eigenvalue weighted by atomic mass is 9.93. The number of halogens is 1. The van der Waals surface area contributed by atoms with Crippen molar-refractivity contribution >= 4 is 17.4 Å². The van der Waals surface area contributed by atoms with Gasteiger partial charge in [-0.15, -0.1) is 0 Å². The molecule has 1 aromatic heterocycles. The third-order valence-electron chi connectivity index (χ3n) is 5.92. The van der Waals surface area contributed by atoms with Gasteiger partial charge in [0, 0.05) is 41.5 Å². The van der Waals surface area contributed by atoms with Crippen molar-refractivity contribution in [1.29, 1.82) is 0 Å². The highest BCUT2D eigenvalue weighted by atomic mass is 19.1. The van der Waals surface area contributed by atoms with Crippen molar-refractivity contribution in [3.63, 3.8) is 0 Å². The number of anilines is 2. The summed E-state index contributed by atoms with van der Waals surface area (Å²) in [7, 11) is 0. The zero-order valence-electron chi connectivity index (χ0n) is 17.8. The lowest BCUT2D eigenvalue weighted by Crippen LogP contribution is -2.39. The molecule has 8 heteroatoms. The molecule has 2 aromatic carbocycles. The van der Waals surface area contributed by atoms with E-state index in [1.807, 2.05) is 37.3 Å². The van der Waals surface area contributed by atoms with Crippen molar-refractivity contribution in [2.75, 3.05) is 36.9 Å². The van der Waals surface area contributed by atoms with Crippen molar-refractivity contribution in [2.45, 2.75) is 19.4 Å². The Morgan fingerprint density at radius 3 is 2.53 bits per heavy atom. The highest BCUT2D eigenvalue weighted by Gasteiger charge is 2.23. The number of nitrogen functional groups attached to an aromatic ring is 1. The first-order valence-electron chi connectivity index (χ1n) is 10.7. The van der Waals surface area contributed by atoms with Crippen molar-refractivity contribution < 1.29 is 13.9 Å². The largest absolute Gasteiger partial charge is 0.382 e. The Labute approximate surface area is 185 Å². The van der Waals surface area contributed by atoms with Gasteiger partial charge in [0.15, 0.2) is 5.82 Å². The van der Waals surface area contributed by atoms with E-state index in [0.29, 0.717) is 42.0 Å². The average Bonchev–Trinajstić information content (AvgIpc) is 2.79. The normalized spacial score (nSPS) is 18.2. The maximum Gasteiger partial charge on any atom is 0.251 e. The smallest absolute Gasteiger partial charge is 0.251 e. The highest BCUT2D eigenvalue weighted by Crippen LogP contribution is 2.31. The summed E-state index contributed by atoms with van der Waals surface area (Å²) in [5.41, 5.74) is 10.5. The first-order chi connectivity index (χ1) is 15.5. The van der Waals surface area contributed by atoms with Gasteiger partial charge in [0.25, 0.3) is 5.91 Å². The Morgan fingerprint density at radius 1 is 1.06 bits per heavy atom. The monoisotopic (exact) mass is 433 g/mol. The summed E-state index contributed by atoms with van der Waals surface area (Å²) >= 11 is 0. The van der Waals surface area contributed by atoms with E-state index in [-0.39, 0.29) is 23.5 Å². The number of aromatic nitrogens is 2. The maximum absolute atomic E-state index is 14.7. The van der Waals surface area contributed by atoms with E-state index in [9.17, 15) is 9.18 Å². The molecule has 3 aromatic rings. The number of nitrogens with zero attached hydrogens (tertiary/aromatic N) is 3. The van der Waals surface area contributed by atoms with Crippen molar-refractivity contribution in [1.82, 2.24) is 15.3 Å². The van der Waals surface area contributed by atoms with Crippen LogP contribution in [0.5, 0.6) is 0 Å². The van der Waals surface area contributed by atoms with Gasteiger partial charge in [0.2, 0.25) is 5.95 Å². The van der Waals surface area contributed by atoms with Crippen LogP contribution in [0.3, 0.4) is 0 Å². The van der Waals surface area contributed by atoms with Crippen LogP contribution in [0, 0.1) is 5.95 Å². The maximum atomic E-state index is 14.7. The second kappa shape index (κ2) is 8.20. The summed E-state index contributed by atoms with van der Waals surface area (Å²) in [5, 5.41) is 2.92. The van der Waals surface area contributed by atoms with Crippen LogP contribution >= 0.6 is 0 Å². The van der Waals surface area contributed by atoms with Crippen LogP contribution in [0.4, 0.5) is 15.9 Å². The molecule has 3 N–H and O–H groups in total. The predicted octanol–water partition coefficient (Wildman–Crippen LogP) is 3.04. The van der Waals surface area contributed by atoms with Gasteiger partial charge < -0.3 is 20.7 Å². The van der Waals surface area contributed by atoms with Crippen LogP contribution in [0.15, 0.2) is 42.5 Å². The fourth-order valence-electron chi connectivity index (χ4n) is 4.29. The topological polar surface area (TPSA) is 93.4 Å². The molecular formula is C24H24FN5O2. The number of ether oxygens (including phenoxy) is 1. The van der Waals surface area contributed by atoms with Gasteiger partial charge in [0.05, 0.1) is 13.2 Å². The molecule has 0 saturated carbocycles. The average molecular weight is 433 g/mol. The highest BCUT2D eigenvalue weighted by molar-refractivity contribution is 5.97. The Balaban J connectivity index is 1.50. The number of hydrogen-bond donors (Lipinski definition) is 2. The predicted molar refractivity (Wildman–Crippen MR) is 121 cm³/mol. The van der Waals surface area contributed by atoms with E-state index >= 15 is 0 Å². The molecule has 0 radical (unpaired) electrons. The summed E-state index contributed by atoms with van der Waals surface area (Å²) in [6.07, 6.45) is 0.708. The van der Waals surface area contributed by atoms with Crippen molar-refractivity contribution in [3.05, 3.63) is 59.5 Å². The summed E-state index contributed by atoms with van der Waals surface area (Å²) in [4.78, 5) is 22.9. The molecule has 5 rings (SSSR count). The number of nitrogens with one attached hydrogen (secondary N) is 1. The molecule has 0 bridgehead atoms. The minimum Gasteiger partial charge on any atom is -0.382 e. The van der Waals surface area contributed by atoms with Gasteiger partial charge in [-0.05, 0) is 43.2 Å². The van der Waals surface area contributed by atoms with Crippen LogP contribution in [0.25, 0.3) is 22.5 Å². The minimum atomic E-state index is -0.712. The Bertz CT molecular complexity index is 1180. The number of amides is 1. The van der Waals surface area contributed by atoms with Crippen molar-refractivity contribution in [2.24, 2.45) is 0 Å². The molecule has 32 heavy (non-hydrogen) atoms. The first-order valence-corrected chi connectivity index (χ1v) is 10.7. The summed E-state index contributed by atoms with van der Waals surface area (Å²) in [5.74, 6) is -0.787. The standard InChI is InChI=1S/C24H24FN5O2/c1-14-12-17-13-16(4-7-19(17)24(31)27-14)21-23(26)29-22(25)20(28-21)15-2-5-18(6-3-15)30-8-10-32-11-9-30/h2-7,13-14H,8-12H2,1H3,(H2,26,29)(H,27,31). The molecule has 2 aliphatic rings. The van der Waals surface area contributed by atoms with E-state index in [1.54, 1.807) is 12.1 Å². The Kier molecular flexibility index (Phi) is 5.22. The molecule has 0 spiro atoms. The van der Waals surface area contributed by atoms with E-state index in [2.05, 4.69) is 20.2 Å². The number of fused-ring (bicyclic) bond motifs is 1.